The van der Waals surface area contributed by atoms with Crippen LogP contribution in [0.4, 0.5) is 5.69 Å². The third-order valence-corrected chi connectivity index (χ3v) is 2.10. The Morgan fingerprint density at radius 2 is 1.39 bits per heavy atom. The van der Waals surface area contributed by atoms with E-state index in [-0.39, 0.29) is 0 Å². The number of hydrogen-bond acceptors (Lipinski definition) is 2. The fraction of sp³-hybridized carbons (Fsp3) is 0. The van der Waals surface area contributed by atoms with E-state index in [0.29, 0.717) is 0 Å². The summed E-state index contributed by atoms with van der Waals surface area (Å²) in [6.07, 6.45) is 0. The first kappa shape index (κ1) is 14.6. The summed E-state index contributed by atoms with van der Waals surface area (Å²) in [4.78, 5) is 22.9. The van der Waals surface area contributed by atoms with Crippen molar-refractivity contribution in [3.63, 3.8) is 0 Å². The van der Waals surface area contributed by atoms with Crippen molar-refractivity contribution in [2.24, 2.45) is 0 Å². The van der Waals surface area contributed by atoms with Crippen LogP contribution in [0.2, 0.25) is 0 Å². The summed E-state index contributed by atoms with van der Waals surface area (Å²) in [6, 6.07) is 18.5. The molecule has 0 aromatic heterocycles. The van der Waals surface area contributed by atoms with Crippen LogP contribution in [-0.4, -0.2) is 9.79 Å². The molecule has 2 rings (SSSR count). The Morgan fingerprint density at radius 1 is 0.944 bits per heavy atom. The van der Waals surface area contributed by atoms with E-state index in [1.165, 1.54) is 11.1 Å². The topological polar surface area (TPSA) is 108 Å². The van der Waals surface area contributed by atoms with Gasteiger partial charge < -0.3 is 20.4 Å². The van der Waals surface area contributed by atoms with Gasteiger partial charge >= 0.3 is 0 Å². The predicted octanol–water partition coefficient (Wildman–Crippen LogP) is 0.666. The van der Waals surface area contributed by atoms with E-state index >= 15 is 0 Å². The van der Waals surface area contributed by atoms with Gasteiger partial charge in [0.05, 0.1) is 0 Å². The monoisotopic (exact) mass is 267 g/mol. The minimum atomic E-state index is -4.89. The third kappa shape index (κ3) is 5.72. The first-order chi connectivity index (χ1) is 8.38. The summed E-state index contributed by atoms with van der Waals surface area (Å²) in [5.74, 6) is 0. The summed E-state index contributed by atoms with van der Waals surface area (Å²) in [5.41, 5.74) is 7.52. The molecule has 0 bridgehead atoms. The third-order valence-electron chi connectivity index (χ3n) is 2.10. The minimum Gasteiger partial charge on any atom is -0.756 e. The van der Waals surface area contributed by atoms with Crippen molar-refractivity contribution in [2.45, 2.75) is 0 Å². The van der Waals surface area contributed by atoms with Gasteiger partial charge in [0, 0.05) is 5.56 Å². The maximum Gasteiger partial charge on any atom is 0.262 e. The highest BCUT2D eigenvalue weighted by molar-refractivity contribution is 7.43. The van der Waals surface area contributed by atoms with E-state index in [9.17, 15) is 0 Å². The van der Waals surface area contributed by atoms with Crippen molar-refractivity contribution in [1.29, 1.82) is 0 Å². The smallest absolute Gasteiger partial charge is 0.262 e. The molecule has 0 spiro atoms. The second-order valence-corrected chi connectivity index (χ2v) is 4.49. The summed E-state index contributed by atoms with van der Waals surface area (Å²) in [7, 11) is -4.89. The van der Waals surface area contributed by atoms with Gasteiger partial charge in [-0.3, -0.25) is 4.57 Å². The van der Waals surface area contributed by atoms with Gasteiger partial charge in [0.2, 0.25) is 0 Å². The lowest BCUT2D eigenvalue weighted by Crippen LogP contribution is -2.40. The largest absolute Gasteiger partial charge is 0.756 e. The highest BCUT2D eigenvalue weighted by Crippen LogP contribution is 2.23. The zero-order chi connectivity index (χ0) is 13.6. The molecule has 0 amide bonds. The Labute approximate surface area is 105 Å². The quantitative estimate of drug-likeness (QED) is 0.659. The zero-order valence-corrected chi connectivity index (χ0v) is 10.5. The molecular weight excluding hydrogens is 253 g/mol. The second-order valence-electron chi connectivity index (χ2n) is 3.51. The maximum atomic E-state index is 8.77. The van der Waals surface area contributed by atoms with Crippen molar-refractivity contribution in [1.82, 2.24) is 0 Å². The van der Waals surface area contributed by atoms with Crippen molar-refractivity contribution in [3.8, 4) is 11.1 Å². The molecule has 0 fully saturated rings. The normalized spacial score (nSPS) is 10.4. The maximum absolute atomic E-state index is 8.77. The van der Waals surface area contributed by atoms with Gasteiger partial charge in [-0.15, -0.1) is 0 Å². The van der Waals surface area contributed by atoms with Gasteiger partial charge in [0.1, 0.15) is 5.69 Å². The van der Waals surface area contributed by atoms with Crippen LogP contribution in [0.5, 0.6) is 0 Å². The van der Waals surface area contributed by atoms with Crippen LogP contribution in [0.3, 0.4) is 0 Å². The lowest BCUT2D eigenvalue weighted by atomic mass is 10.0. The van der Waals surface area contributed by atoms with Crippen LogP contribution in [0.1, 0.15) is 0 Å². The van der Waals surface area contributed by atoms with E-state index in [0.717, 1.165) is 5.69 Å². The number of quaternary nitrogens is 1. The molecule has 2 aromatic rings. The number of hydrogen-bond donors (Lipinski definition) is 3. The van der Waals surface area contributed by atoms with Crippen molar-refractivity contribution < 1.29 is 25.0 Å². The SMILES string of the molecule is O=P([O-])(O)O.[NH3+]c1ccccc1-c1ccccc1. The average molecular weight is 267 g/mol. The molecule has 0 saturated carbocycles. The Hall–Kier alpha value is -1.49. The molecule has 0 aliphatic carbocycles. The molecule has 0 aliphatic rings. The minimum absolute atomic E-state index is 1.08. The van der Waals surface area contributed by atoms with E-state index in [1.54, 1.807) is 0 Å². The molecule has 2 aromatic carbocycles. The molecule has 0 heterocycles. The van der Waals surface area contributed by atoms with Gasteiger partial charge in [-0.1, -0.05) is 42.5 Å². The fourth-order valence-corrected chi connectivity index (χ4v) is 1.42. The van der Waals surface area contributed by atoms with E-state index in [1.807, 2.05) is 36.4 Å². The number of phosphoric acid groups is 1. The van der Waals surface area contributed by atoms with Crippen LogP contribution < -0.4 is 10.6 Å². The van der Waals surface area contributed by atoms with E-state index < -0.39 is 7.82 Å². The predicted molar refractivity (Wildman–Crippen MR) is 66.5 cm³/mol. The molecule has 96 valence electrons. The summed E-state index contributed by atoms with van der Waals surface area (Å²) in [5, 5.41) is 0. The van der Waals surface area contributed by atoms with Gasteiger partial charge in [0.15, 0.2) is 0 Å². The average Bonchev–Trinajstić information content (AvgIpc) is 2.29. The summed E-state index contributed by atoms with van der Waals surface area (Å²) in [6.45, 7) is 0. The summed E-state index contributed by atoms with van der Waals surface area (Å²) >= 11 is 0. The highest BCUT2D eigenvalue weighted by Gasteiger charge is 2.01. The molecule has 0 aliphatic heterocycles. The van der Waals surface area contributed by atoms with Crippen LogP contribution in [-0.2, 0) is 4.57 Å². The molecule has 6 heteroatoms. The molecule has 5 N–H and O–H groups in total. The zero-order valence-electron chi connectivity index (χ0n) is 9.56. The Balaban J connectivity index is 0.000000280. The van der Waals surface area contributed by atoms with Crippen LogP contribution >= 0.6 is 7.82 Å². The standard InChI is InChI=1S/C12H11N.H3O4P/c13-12-9-5-4-8-11(12)10-6-2-1-3-7-10;1-5(2,3)4/h1-9H,13H2;(H3,1,2,3,4). The lowest BCUT2D eigenvalue weighted by Gasteiger charge is -2.01. The molecule has 0 unspecified atom stereocenters. The Bertz CT molecular complexity index is 531. The second kappa shape index (κ2) is 6.44. The lowest BCUT2D eigenvalue weighted by molar-refractivity contribution is -0.253. The van der Waals surface area contributed by atoms with Gasteiger partial charge in [-0.2, -0.15) is 0 Å². The van der Waals surface area contributed by atoms with Crippen LogP contribution in [0, 0.1) is 0 Å². The number of benzene rings is 2. The summed E-state index contributed by atoms with van der Waals surface area (Å²) < 4.78 is 8.77. The number of rotatable bonds is 1. The molecule has 0 atom stereocenters. The Kier molecular flexibility index (Phi) is 5.22. The first-order valence-corrected chi connectivity index (χ1v) is 6.64. The van der Waals surface area contributed by atoms with E-state index in [2.05, 4.69) is 23.9 Å². The molecule has 0 saturated heterocycles. The molecular formula is C12H14NO4P. The van der Waals surface area contributed by atoms with Gasteiger partial charge in [-0.25, -0.2) is 0 Å². The van der Waals surface area contributed by atoms with Crippen LogP contribution in [0.15, 0.2) is 54.6 Å². The van der Waals surface area contributed by atoms with Crippen molar-refractivity contribution >= 4 is 13.5 Å². The molecule has 0 radical (unpaired) electrons. The van der Waals surface area contributed by atoms with Gasteiger partial charge in [0.25, 0.3) is 7.82 Å². The Morgan fingerprint density at radius 3 is 1.89 bits per heavy atom. The molecule has 5 nitrogen and oxygen atoms in total. The van der Waals surface area contributed by atoms with Crippen molar-refractivity contribution in [2.75, 3.05) is 0 Å². The highest BCUT2D eigenvalue weighted by atomic mass is 31.2. The van der Waals surface area contributed by atoms with Gasteiger partial charge in [-0.05, 0) is 17.7 Å². The first-order valence-electron chi connectivity index (χ1n) is 5.11. The fourth-order valence-electron chi connectivity index (χ4n) is 1.42. The van der Waals surface area contributed by atoms with Crippen LogP contribution in [0.25, 0.3) is 11.1 Å². The van der Waals surface area contributed by atoms with Crippen molar-refractivity contribution in [3.05, 3.63) is 54.6 Å². The molecule has 18 heavy (non-hydrogen) atoms. The van der Waals surface area contributed by atoms with E-state index in [4.69, 9.17) is 19.2 Å².